The fourth-order valence-corrected chi connectivity index (χ4v) is 4.75. The number of hydrogen-bond donors (Lipinski definition) is 0. The molecule has 22 heavy (non-hydrogen) atoms. The summed E-state index contributed by atoms with van der Waals surface area (Å²) in [6, 6.07) is 7.81. The third-order valence-corrected chi connectivity index (χ3v) is 6.00. The van der Waals surface area contributed by atoms with Crippen LogP contribution in [0.2, 0.25) is 5.02 Å². The van der Waals surface area contributed by atoms with E-state index in [2.05, 4.69) is 0 Å². The first-order valence-electron chi connectivity index (χ1n) is 6.93. The molecule has 1 aliphatic rings. The van der Waals surface area contributed by atoms with Crippen LogP contribution in [-0.2, 0) is 10.0 Å². The highest BCUT2D eigenvalue weighted by atomic mass is 35.5. The van der Waals surface area contributed by atoms with Crippen LogP contribution in [0.15, 0.2) is 45.9 Å². The molecule has 0 spiro atoms. The van der Waals surface area contributed by atoms with Crippen molar-refractivity contribution in [2.24, 2.45) is 0 Å². The molecular weight excluding hydrogens is 326 g/mol. The molecular formula is C15H16ClNO4S. The number of ether oxygens (including phenoxy) is 1. The highest BCUT2D eigenvalue weighted by Crippen LogP contribution is 2.38. The number of furan rings is 1. The van der Waals surface area contributed by atoms with Gasteiger partial charge in [0.2, 0.25) is 10.0 Å². The van der Waals surface area contributed by atoms with Gasteiger partial charge in [-0.1, -0.05) is 11.6 Å². The second kappa shape index (κ2) is 5.95. The summed E-state index contributed by atoms with van der Waals surface area (Å²) >= 11 is 6.05. The van der Waals surface area contributed by atoms with E-state index in [9.17, 15) is 8.42 Å². The minimum absolute atomic E-state index is 0.164. The predicted molar refractivity (Wildman–Crippen MR) is 82.6 cm³/mol. The maximum atomic E-state index is 12.9. The van der Waals surface area contributed by atoms with Crippen LogP contribution in [0, 0.1) is 0 Å². The first-order chi connectivity index (χ1) is 10.5. The number of hydrogen-bond acceptors (Lipinski definition) is 4. The smallest absolute Gasteiger partial charge is 0.243 e. The molecule has 0 N–H and O–H groups in total. The molecule has 2 aromatic rings. The van der Waals surface area contributed by atoms with Crippen LogP contribution in [0.1, 0.15) is 24.6 Å². The van der Waals surface area contributed by atoms with Gasteiger partial charge in [-0.3, -0.25) is 0 Å². The molecule has 7 heteroatoms. The molecule has 1 fully saturated rings. The average Bonchev–Trinajstić information content (AvgIpc) is 3.17. The van der Waals surface area contributed by atoms with Gasteiger partial charge in [-0.05, 0) is 43.2 Å². The van der Waals surface area contributed by atoms with E-state index in [1.807, 2.05) is 0 Å². The van der Waals surface area contributed by atoms with Crippen LogP contribution >= 0.6 is 11.6 Å². The van der Waals surface area contributed by atoms with Crippen LogP contribution in [0.4, 0.5) is 0 Å². The topological polar surface area (TPSA) is 59.8 Å². The Labute approximate surface area is 134 Å². The predicted octanol–water partition coefficient (Wildman–Crippen LogP) is 3.47. The SMILES string of the molecule is COc1ccc(S(=O)(=O)N2CCC[C@H]2c2ccco2)cc1Cl. The van der Waals surface area contributed by atoms with E-state index in [0.29, 0.717) is 18.1 Å². The molecule has 5 nitrogen and oxygen atoms in total. The van der Waals surface area contributed by atoms with E-state index >= 15 is 0 Å². The van der Waals surface area contributed by atoms with Gasteiger partial charge in [-0.25, -0.2) is 8.42 Å². The van der Waals surface area contributed by atoms with Gasteiger partial charge in [0.15, 0.2) is 0 Å². The Morgan fingerprint density at radius 3 is 2.82 bits per heavy atom. The summed E-state index contributed by atoms with van der Waals surface area (Å²) in [6.07, 6.45) is 3.10. The Hall–Kier alpha value is -1.50. The Morgan fingerprint density at radius 2 is 2.18 bits per heavy atom. The van der Waals surface area contributed by atoms with Gasteiger partial charge in [-0.15, -0.1) is 0 Å². The number of methoxy groups -OCH3 is 1. The van der Waals surface area contributed by atoms with Gasteiger partial charge < -0.3 is 9.15 Å². The highest BCUT2D eigenvalue weighted by Gasteiger charge is 2.37. The first kappa shape index (κ1) is 15.4. The van der Waals surface area contributed by atoms with E-state index in [1.165, 1.54) is 23.5 Å². The largest absolute Gasteiger partial charge is 0.495 e. The fraction of sp³-hybridized carbons (Fsp3) is 0.333. The zero-order chi connectivity index (χ0) is 15.7. The lowest BCUT2D eigenvalue weighted by atomic mass is 10.2. The molecule has 0 bridgehead atoms. The maximum absolute atomic E-state index is 12.9. The van der Waals surface area contributed by atoms with Gasteiger partial charge in [0.25, 0.3) is 0 Å². The number of halogens is 1. The van der Waals surface area contributed by atoms with Crippen molar-refractivity contribution >= 4 is 21.6 Å². The fourth-order valence-electron chi connectivity index (χ4n) is 2.74. The second-order valence-corrected chi connectivity index (χ2v) is 7.38. The number of nitrogens with zero attached hydrogens (tertiary/aromatic N) is 1. The molecule has 2 heterocycles. The lowest BCUT2D eigenvalue weighted by molar-refractivity contribution is 0.339. The van der Waals surface area contributed by atoms with Crippen molar-refractivity contribution in [2.45, 2.75) is 23.8 Å². The van der Waals surface area contributed by atoms with Crippen molar-refractivity contribution in [1.82, 2.24) is 4.31 Å². The van der Waals surface area contributed by atoms with E-state index in [0.717, 1.165) is 12.8 Å². The Bertz CT molecular complexity index is 758. The van der Waals surface area contributed by atoms with Crippen molar-refractivity contribution in [2.75, 3.05) is 13.7 Å². The summed E-state index contributed by atoms with van der Waals surface area (Å²) in [7, 11) is -2.14. The lowest BCUT2D eigenvalue weighted by Crippen LogP contribution is -2.30. The van der Waals surface area contributed by atoms with Gasteiger partial charge in [0, 0.05) is 6.54 Å². The van der Waals surface area contributed by atoms with Gasteiger partial charge >= 0.3 is 0 Å². The molecule has 0 radical (unpaired) electrons. The molecule has 0 aliphatic carbocycles. The normalized spacial score (nSPS) is 19.5. The van der Waals surface area contributed by atoms with Crippen molar-refractivity contribution in [3.05, 3.63) is 47.4 Å². The van der Waals surface area contributed by atoms with Crippen LogP contribution in [0.25, 0.3) is 0 Å². The Kier molecular flexibility index (Phi) is 4.16. The molecule has 1 aromatic carbocycles. The summed E-state index contributed by atoms with van der Waals surface area (Å²) < 4.78 is 37.7. The zero-order valence-electron chi connectivity index (χ0n) is 12.0. The van der Waals surface area contributed by atoms with Crippen molar-refractivity contribution in [3.63, 3.8) is 0 Å². The third kappa shape index (κ3) is 2.62. The zero-order valence-corrected chi connectivity index (χ0v) is 13.6. The summed E-state index contributed by atoms with van der Waals surface area (Å²) in [5, 5.41) is 0.275. The maximum Gasteiger partial charge on any atom is 0.243 e. The van der Waals surface area contributed by atoms with Crippen LogP contribution in [0.5, 0.6) is 5.75 Å². The minimum atomic E-state index is -3.63. The van der Waals surface area contributed by atoms with Crippen molar-refractivity contribution in [1.29, 1.82) is 0 Å². The average molecular weight is 342 g/mol. The standard InChI is InChI=1S/C15H16ClNO4S/c1-20-14-7-6-11(10-12(14)16)22(18,19)17-8-2-4-13(17)15-5-3-9-21-15/h3,5-7,9-10,13H,2,4,8H2,1H3/t13-/m0/s1. The molecule has 1 saturated heterocycles. The molecule has 118 valence electrons. The van der Waals surface area contributed by atoms with Crippen molar-refractivity contribution < 1.29 is 17.6 Å². The van der Waals surface area contributed by atoms with Gasteiger partial charge in [0.1, 0.15) is 11.5 Å². The second-order valence-electron chi connectivity index (χ2n) is 5.09. The van der Waals surface area contributed by atoms with Gasteiger partial charge in [-0.2, -0.15) is 4.31 Å². The summed E-state index contributed by atoms with van der Waals surface area (Å²) in [4.78, 5) is 0.164. The summed E-state index contributed by atoms with van der Waals surface area (Å²) in [6.45, 7) is 0.470. The Morgan fingerprint density at radius 1 is 1.36 bits per heavy atom. The van der Waals surface area contributed by atoms with Crippen LogP contribution in [0.3, 0.4) is 0 Å². The molecule has 1 aromatic heterocycles. The van der Waals surface area contributed by atoms with Crippen LogP contribution < -0.4 is 4.74 Å². The number of benzene rings is 1. The molecule has 0 saturated carbocycles. The van der Waals surface area contributed by atoms with E-state index < -0.39 is 10.0 Å². The first-order valence-corrected chi connectivity index (χ1v) is 8.74. The van der Waals surface area contributed by atoms with Crippen molar-refractivity contribution in [3.8, 4) is 5.75 Å². The van der Waals surface area contributed by atoms with E-state index in [-0.39, 0.29) is 16.0 Å². The molecule has 0 unspecified atom stereocenters. The summed E-state index contributed by atoms with van der Waals surface area (Å²) in [5.74, 6) is 1.12. The molecule has 0 amide bonds. The highest BCUT2D eigenvalue weighted by molar-refractivity contribution is 7.89. The number of rotatable bonds is 4. The molecule has 1 aliphatic heterocycles. The minimum Gasteiger partial charge on any atom is -0.495 e. The summed E-state index contributed by atoms with van der Waals surface area (Å²) in [5.41, 5.74) is 0. The Balaban J connectivity index is 1.97. The lowest BCUT2D eigenvalue weighted by Gasteiger charge is -2.22. The monoisotopic (exact) mass is 341 g/mol. The van der Waals surface area contributed by atoms with E-state index in [1.54, 1.807) is 24.5 Å². The molecule has 3 rings (SSSR count). The number of sulfonamides is 1. The van der Waals surface area contributed by atoms with Gasteiger partial charge in [0.05, 0.1) is 29.3 Å². The van der Waals surface area contributed by atoms with Crippen LogP contribution in [-0.4, -0.2) is 26.4 Å². The molecule has 1 atom stereocenters. The third-order valence-electron chi connectivity index (χ3n) is 3.81. The quantitative estimate of drug-likeness (QED) is 0.854. The van der Waals surface area contributed by atoms with E-state index in [4.69, 9.17) is 20.8 Å².